The van der Waals surface area contributed by atoms with Gasteiger partial charge >= 0.3 is 0 Å². The van der Waals surface area contributed by atoms with Gasteiger partial charge in [0.1, 0.15) is 5.69 Å². The number of amides is 1. The first-order valence-electron chi connectivity index (χ1n) is 7.98. The number of nitrogens with two attached hydrogens (primary N) is 1. The molecule has 0 radical (unpaired) electrons. The number of hydrogen-bond acceptors (Lipinski definition) is 3. The van der Waals surface area contributed by atoms with Gasteiger partial charge in [0.2, 0.25) is 0 Å². The van der Waals surface area contributed by atoms with Gasteiger partial charge in [-0.1, -0.05) is 6.42 Å². The summed E-state index contributed by atoms with van der Waals surface area (Å²) in [6.07, 6.45) is 5.70. The Labute approximate surface area is 127 Å². The molecule has 2 heterocycles. The molecule has 1 saturated heterocycles. The molecule has 118 valence electrons. The van der Waals surface area contributed by atoms with Gasteiger partial charge in [-0.2, -0.15) is 0 Å². The van der Waals surface area contributed by atoms with Gasteiger partial charge in [-0.3, -0.25) is 4.79 Å². The van der Waals surface area contributed by atoms with Crippen LogP contribution in [0.2, 0.25) is 0 Å². The maximum absolute atomic E-state index is 12.4. The lowest BCUT2D eigenvalue weighted by Crippen LogP contribution is -2.44. The number of piperidine rings is 1. The van der Waals surface area contributed by atoms with E-state index < -0.39 is 0 Å². The van der Waals surface area contributed by atoms with Crippen molar-refractivity contribution in [3.63, 3.8) is 0 Å². The summed E-state index contributed by atoms with van der Waals surface area (Å²) in [5.41, 5.74) is 7.11. The van der Waals surface area contributed by atoms with E-state index in [2.05, 4.69) is 17.1 Å². The summed E-state index contributed by atoms with van der Waals surface area (Å²) in [4.78, 5) is 14.9. The smallest absolute Gasteiger partial charge is 0.268 e. The zero-order chi connectivity index (χ0) is 15.4. The van der Waals surface area contributed by atoms with Crippen LogP contribution in [0.25, 0.3) is 0 Å². The van der Waals surface area contributed by atoms with Crippen molar-refractivity contribution in [2.75, 3.05) is 25.4 Å². The van der Waals surface area contributed by atoms with Gasteiger partial charge in [-0.15, -0.1) is 0 Å². The molecule has 0 aromatic carbocycles. The number of rotatable bonds is 5. The molecular formula is C16H28N4O. The molecule has 5 nitrogen and oxygen atoms in total. The summed E-state index contributed by atoms with van der Waals surface area (Å²) in [6.45, 7) is 9.38. The largest absolute Gasteiger partial charge is 0.397 e. The lowest BCUT2D eigenvalue weighted by molar-refractivity contribution is 0.0915. The monoisotopic (exact) mass is 292 g/mol. The van der Waals surface area contributed by atoms with Crippen molar-refractivity contribution >= 4 is 11.6 Å². The average molecular weight is 292 g/mol. The van der Waals surface area contributed by atoms with Crippen LogP contribution >= 0.6 is 0 Å². The lowest BCUT2D eigenvalue weighted by atomic mass is 10.1. The Bertz CT molecular complexity index is 475. The van der Waals surface area contributed by atoms with E-state index in [1.165, 1.54) is 19.3 Å². The highest BCUT2D eigenvalue weighted by Gasteiger charge is 2.19. The van der Waals surface area contributed by atoms with E-state index in [1.54, 1.807) is 6.07 Å². The van der Waals surface area contributed by atoms with Gasteiger partial charge in [-0.05, 0) is 52.8 Å². The van der Waals surface area contributed by atoms with Gasteiger partial charge in [-0.25, -0.2) is 0 Å². The Morgan fingerprint density at radius 2 is 1.95 bits per heavy atom. The zero-order valence-corrected chi connectivity index (χ0v) is 13.4. The molecule has 1 aliphatic heterocycles. The second-order valence-electron chi connectivity index (χ2n) is 6.40. The van der Waals surface area contributed by atoms with Crippen LogP contribution in [0.5, 0.6) is 0 Å². The number of nitrogens with zero attached hydrogens (tertiary/aromatic N) is 2. The molecule has 1 fully saturated rings. The molecule has 1 amide bonds. The molecule has 1 unspecified atom stereocenters. The van der Waals surface area contributed by atoms with E-state index in [1.807, 2.05) is 24.6 Å². The molecule has 21 heavy (non-hydrogen) atoms. The second-order valence-corrected chi connectivity index (χ2v) is 6.40. The predicted octanol–water partition coefficient (Wildman–Crippen LogP) is 2.26. The Morgan fingerprint density at radius 3 is 2.57 bits per heavy atom. The first-order valence-corrected chi connectivity index (χ1v) is 7.98. The van der Waals surface area contributed by atoms with Crippen molar-refractivity contribution in [1.29, 1.82) is 0 Å². The minimum Gasteiger partial charge on any atom is -0.397 e. The van der Waals surface area contributed by atoms with E-state index in [-0.39, 0.29) is 18.0 Å². The van der Waals surface area contributed by atoms with Gasteiger partial charge in [0.15, 0.2) is 0 Å². The number of anilines is 1. The van der Waals surface area contributed by atoms with E-state index in [9.17, 15) is 4.79 Å². The fourth-order valence-corrected chi connectivity index (χ4v) is 2.98. The number of aromatic nitrogens is 1. The van der Waals surface area contributed by atoms with Gasteiger partial charge in [0.25, 0.3) is 5.91 Å². The van der Waals surface area contributed by atoms with Crippen LogP contribution in [-0.2, 0) is 0 Å². The summed E-state index contributed by atoms with van der Waals surface area (Å²) >= 11 is 0. The van der Waals surface area contributed by atoms with E-state index in [0.717, 1.165) is 19.6 Å². The normalized spacial score (nSPS) is 17.9. The quantitative estimate of drug-likeness (QED) is 0.875. The zero-order valence-electron chi connectivity index (χ0n) is 13.4. The third kappa shape index (κ3) is 4.24. The van der Waals surface area contributed by atoms with Crippen LogP contribution < -0.4 is 11.1 Å². The number of hydrogen-bond donors (Lipinski definition) is 2. The van der Waals surface area contributed by atoms with Crippen LogP contribution in [0.4, 0.5) is 5.69 Å². The molecule has 0 saturated carbocycles. The Balaban J connectivity index is 1.94. The second kappa shape index (κ2) is 6.98. The van der Waals surface area contributed by atoms with Gasteiger partial charge < -0.3 is 20.5 Å². The van der Waals surface area contributed by atoms with Crippen molar-refractivity contribution in [3.05, 3.63) is 18.0 Å². The highest BCUT2D eigenvalue weighted by molar-refractivity contribution is 5.94. The SMILES string of the molecule is CC(CN1CCCCC1)NC(=O)c1cc(N)cn1C(C)C. The standard InChI is InChI=1S/C16H28N4O/c1-12(2)20-11-14(17)9-15(20)16(21)18-13(3)10-19-7-5-4-6-8-19/h9,11-13H,4-8,10,17H2,1-3H3,(H,18,21). The first kappa shape index (κ1) is 15.9. The minimum atomic E-state index is -0.0371. The highest BCUT2D eigenvalue weighted by Crippen LogP contribution is 2.16. The topological polar surface area (TPSA) is 63.3 Å². The third-order valence-electron chi connectivity index (χ3n) is 4.02. The van der Waals surface area contributed by atoms with E-state index >= 15 is 0 Å². The predicted molar refractivity (Wildman–Crippen MR) is 86.4 cm³/mol. The average Bonchev–Trinajstić information content (AvgIpc) is 2.82. The van der Waals surface area contributed by atoms with Crippen molar-refractivity contribution in [1.82, 2.24) is 14.8 Å². The molecule has 1 aliphatic rings. The Morgan fingerprint density at radius 1 is 1.29 bits per heavy atom. The number of carbonyl (C=O) groups is 1. The molecule has 5 heteroatoms. The number of likely N-dealkylation sites (tertiary alicyclic amines) is 1. The molecule has 1 aromatic rings. The molecule has 1 atom stereocenters. The summed E-state index contributed by atoms with van der Waals surface area (Å²) in [6, 6.07) is 2.12. The van der Waals surface area contributed by atoms with Crippen molar-refractivity contribution in [3.8, 4) is 0 Å². The van der Waals surface area contributed by atoms with Crippen LogP contribution in [-0.4, -0.2) is 41.1 Å². The van der Waals surface area contributed by atoms with Crippen LogP contribution in [0.15, 0.2) is 12.3 Å². The van der Waals surface area contributed by atoms with Crippen molar-refractivity contribution in [2.24, 2.45) is 0 Å². The maximum Gasteiger partial charge on any atom is 0.268 e. The molecular weight excluding hydrogens is 264 g/mol. The summed E-state index contributed by atoms with van der Waals surface area (Å²) in [5, 5.41) is 3.10. The number of nitrogens with one attached hydrogen (secondary N) is 1. The third-order valence-corrected chi connectivity index (χ3v) is 4.02. The van der Waals surface area contributed by atoms with E-state index in [4.69, 9.17) is 5.73 Å². The van der Waals surface area contributed by atoms with Crippen LogP contribution in [0.3, 0.4) is 0 Å². The Hall–Kier alpha value is -1.49. The minimum absolute atomic E-state index is 0.0371. The van der Waals surface area contributed by atoms with Crippen LogP contribution in [0.1, 0.15) is 56.6 Å². The molecule has 1 aromatic heterocycles. The first-order chi connectivity index (χ1) is 9.97. The number of carbonyl (C=O) groups excluding carboxylic acids is 1. The summed E-state index contributed by atoms with van der Waals surface area (Å²) < 4.78 is 1.93. The Kier molecular flexibility index (Phi) is 5.28. The summed E-state index contributed by atoms with van der Waals surface area (Å²) in [5.74, 6) is -0.0371. The molecule has 0 spiro atoms. The van der Waals surface area contributed by atoms with Gasteiger partial charge in [0.05, 0.1) is 5.69 Å². The lowest BCUT2D eigenvalue weighted by Gasteiger charge is -2.29. The number of nitrogen functional groups attached to an aromatic ring is 1. The molecule has 0 bridgehead atoms. The fraction of sp³-hybridized carbons (Fsp3) is 0.688. The highest BCUT2D eigenvalue weighted by atomic mass is 16.2. The van der Waals surface area contributed by atoms with Crippen molar-refractivity contribution in [2.45, 2.75) is 52.1 Å². The van der Waals surface area contributed by atoms with E-state index in [0.29, 0.717) is 11.4 Å². The molecule has 2 rings (SSSR count). The molecule has 3 N–H and O–H groups in total. The van der Waals surface area contributed by atoms with Crippen molar-refractivity contribution < 1.29 is 4.79 Å². The van der Waals surface area contributed by atoms with Gasteiger partial charge in [0, 0.05) is 24.8 Å². The maximum atomic E-state index is 12.4. The van der Waals surface area contributed by atoms with Crippen LogP contribution in [0, 0.1) is 0 Å². The summed E-state index contributed by atoms with van der Waals surface area (Å²) in [7, 11) is 0. The fourth-order valence-electron chi connectivity index (χ4n) is 2.98. The molecule has 0 aliphatic carbocycles.